The first kappa shape index (κ1) is 32.3. The van der Waals surface area contributed by atoms with E-state index in [1.54, 1.807) is 0 Å². The van der Waals surface area contributed by atoms with Crippen molar-refractivity contribution in [2.24, 2.45) is 56.2 Å². The number of piperidine rings is 1. The van der Waals surface area contributed by atoms with Gasteiger partial charge < -0.3 is 15.3 Å². The van der Waals surface area contributed by atoms with Crippen LogP contribution in [0.25, 0.3) is 0 Å². The molecule has 8 atom stereocenters. The summed E-state index contributed by atoms with van der Waals surface area (Å²) in [6.45, 7) is 19.9. The Morgan fingerprint density at radius 3 is 2.27 bits per heavy atom. The summed E-state index contributed by atoms with van der Waals surface area (Å²) in [6, 6.07) is 0. The van der Waals surface area contributed by atoms with E-state index in [2.05, 4.69) is 64.8 Å². The van der Waals surface area contributed by atoms with E-state index >= 15 is 0 Å². The van der Waals surface area contributed by atoms with Crippen LogP contribution in [0.2, 0.25) is 0 Å². The topological polar surface area (TPSA) is 86.7 Å². The first-order chi connectivity index (χ1) is 20.5. The molecule has 6 rings (SSSR count). The van der Waals surface area contributed by atoms with E-state index in [1.807, 2.05) is 0 Å². The molecule has 0 bridgehead atoms. The van der Waals surface area contributed by atoms with Crippen molar-refractivity contribution in [2.45, 2.75) is 126 Å². The largest absolute Gasteiger partial charge is 0.481 e. The van der Waals surface area contributed by atoms with Crippen LogP contribution in [0.15, 0.2) is 11.6 Å². The van der Waals surface area contributed by atoms with Crippen LogP contribution in [-0.2, 0) is 14.4 Å². The molecule has 4 saturated carbocycles. The van der Waals surface area contributed by atoms with Gasteiger partial charge >= 0.3 is 5.97 Å². The van der Waals surface area contributed by atoms with Crippen molar-refractivity contribution >= 4 is 17.7 Å². The van der Waals surface area contributed by atoms with Crippen molar-refractivity contribution in [3.63, 3.8) is 0 Å². The molecule has 1 aliphatic heterocycles. The average Bonchev–Trinajstić information content (AvgIpc) is 2.95. The molecule has 6 heteroatoms. The number of allylic oxidation sites excluding steroid dienone is 2. The highest BCUT2D eigenvalue weighted by atomic mass is 16.4. The maximum absolute atomic E-state index is 14.1. The molecule has 6 nitrogen and oxygen atoms in total. The highest BCUT2D eigenvalue weighted by Gasteiger charge is 2.70. The summed E-state index contributed by atoms with van der Waals surface area (Å²) in [5, 5.41) is 13.9. The van der Waals surface area contributed by atoms with E-state index in [4.69, 9.17) is 0 Å². The summed E-state index contributed by atoms with van der Waals surface area (Å²) in [5.41, 5.74) is 0.176. The highest BCUT2D eigenvalue weighted by Crippen LogP contribution is 2.75. The van der Waals surface area contributed by atoms with Crippen molar-refractivity contribution in [1.29, 1.82) is 0 Å². The number of carboxylic acids is 1. The summed E-state index contributed by atoms with van der Waals surface area (Å²) >= 11 is 0. The predicted octanol–water partition coefficient (Wildman–Crippen LogP) is 7.27. The van der Waals surface area contributed by atoms with Crippen molar-refractivity contribution in [2.75, 3.05) is 26.2 Å². The molecule has 246 valence electrons. The number of rotatable bonds is 5. The van der Waals surface area contributed by atoms with Crippen LogP contribution >= 0.6 is 0 Å². The van der Waals surface area contributed by atoms with Gasteiger partial charge in [-0.3, -0.25) is 14.4 Å². The minimum absolute atomic E-state index is 0.000340. The number of hydrogen-bond acceptors (Lipinski definition) is 4. The molecule has 4 unspecified atom stereocenters. The first-order valence-electron chi connectivity index (χ1n) is 18.0. The van der Waals surface area contributed by atoms with E-state index in [0.717, 1.165) is 71.0 Å². The third kappa shape index (κ3) is 4.60. The highest BCUT2D eigenvalue weighted by molar-refractivity contribution is 6.04. The summed E-state index contributed by atoms with van der Waals surface area (Å²) in [7, 11) is 0. The zero-order valence-electron chi connectivity index (χ0n) is 28.8. The lowest BCUT2D eigenvalue weighted by atomic mass is 9.33. The lowest BCUT2D eigenvalue weighted by Crippen LogP contribution is -2.66. The molecule has 0 spiro atoms. The molecule has 0 aromatic heterocycles. The van der Waals surface area contributed by atoms with Crippen LogP contribution in [0, 0.1) is 56.2 Å². The van der Waals surface area contributed by atoms with E-state index in [0.29, 0.717) is 18.9 Å². The summed E-state index contributed by atoms with van der Waals surface area (Å²) < 4.78 is 0. The van der Waals surface area contributed by atoms with Crippen molar-refractivity contribution < 1.29 is 19.5 Å². The van der Waals surface area contributed by atoms with Crippen molar-refractivity contribution in [3.8, 4) is 0 Å². The summed E-state index contributed by atoms with van der Waals surface area (Å²) in [6.07, 6.45) is 14.2. The number of likely N-dealkylation sites (tertiary alicyclic amines) is 1. The molecule has 2 N–H and O–H groups in total. The average molecular weight is 609 g/mol. The molecule has 44 heavy (non-hydrogen) atoms. The second-order valence-electron chi connectivity index (χ2n) is 18.2. The third-order valence-corrected chi connectivity index (χ3v) is 15.3. The molecule has 1 saturated heterocycles. The Morgan fingerprint density at radius 2 is 1.59 bits per heavy atom. The molecule has 6 aliphatic rings. The fourth-order valence-electron chi connectivity index (χ4n) is 12.5. The molecule has 1 heterocycles. The van der Waals surface area contributed by atoms with Crippen LogP contribution in [0.5, 0.6) is 0 Å². The van der Waals surface area contributed by atoms with Gasteiger partial charge in [-0.2, -0.15) is 0 Å². The Labute approximate surface area is 266 Å². The zero-order chi connectivity index (χ0) is 31.9. The number of Topliss-reactive ketones (excluding diaryl/α,β-unsaturated/α-hetero) is 1. The molecule has 0 aromatic rings. The third-order valence-electron chi connectivity index (χ3n) is 15.3. The molecule has 5 fully saturated rings. The number of fused-ring (bicyclic) bond motifs is 7. The minimum atomic E-state index is -0.637. The predicted molar refractivity (Wildman–Crippen MR) is 174 cm³/mol. The van der Waals surface area contributed by atoms with Crippen LogP contribution in [0.4, 0.5) is 0 Å². The van der Waals surface area contributed by atoms with Crippen LogP contribution in [-0.4, -0.2) is 53.8 Å². The van der Waals surface area contributed by atoms with Gasteiger partial charge in [0.1, 0.15) is 0 Å². The first-order valence-corrected chi connectivity index (χ1v) is 18.0. The normalized spacial score (nSPS) is 44.7. The van der Waals surface area contributed by atoms with Crippen LogP contribution in [0.3, 0.4) is 0 Å². The number of amides is 1. The number of carboxylic acid groups (broad SMARTS) is 1. The van der Waals surface area contributed by atoms with E-state index in [1.165, 1.54) is 24.8 Å². The number of hydrogen-bond donors (Lipinski definition) is 2. The monoisotopic (exact) mass is 608 g/mol. The van der Waals surface area contributed by atoms with Gasteiger partial charge in [-0.15, -0.1) is 0 Å². The maximum atomic E-state index is 14.1. The SMILES string of the molecule is CC1(C)CC[C@]2(C(=O)O)CC[C@]3(C)C(=CCC4[C@@]5(C)CC(C(=O)NCCN6CCCCC6)C(=O)C(C)(C)C5CC[C@]43C)C2C1. The smallest absolute Gasteiger partial charge is 0.310 e. The Morgan fingerprint density at radius 1 is 0.909 bits per heavy atom. The van der Waals surface area contributed by atoms with Gasteiger partial charge in [-0.05, 0) is 123 Å². The number of nitrogens with one attached hydrogen (secondary N) is 1. The lowest BCUT2D eigenvalue weighted by molar-refractivity contribution is -0.195. The zero-order valence-corrected chi connectivity index (χ0v) is 28.8. The number of nitrogens with zero attached hydrogens (tertiary/aromatic N) is 1. The Bertz CT molecular complexity index is 1230. The van der Waals surface area contributed by atoms with E-state index in [9.17, 15) is 19.5 Å². The lowest BCUT2D eigenvalue weighted by Gasteiger charge is -2.70. The second-order valence-corrected chi connectivity index (χ2v) is 18.2. The van der Waals surface area contributed by atoms with Gasteiger partial charge in [0.05, 0.1) is 11.3 Å². The van der Waals surface area contributed by atoms with Gasteiger partial charge in [0.2, 0.25) is 5.91 Å². The minimum Gasteiger partial charge on any atom is -0.481 e. The second kappa shape index (κ2) is 10.7. The van der Waals surface area contributed by atoms with Gasteiger partial charge in [0, 0.05) is 18.5 Å². The quantitative estimate of drug-likeness (QED) is 0.253. The standard InChI is InChI=1S/C38H60N2O4/c1-33(2)15-17-38(32(43)44)18-16-36(6)26(27(38)24-33)11-12-29-35(5)23-25(31(42)39-19-22-40-20-9-8-10-21-40)30(41)34(3,4)28(35)13-14-37(29,36)7/h11,25,27-29H,8-10,12-24H2,1-7H3,(H,39,42)(H,43,44)/t25?,27?,28?,29?,35-,36+,37+,38-/m0/s1. The molecule has 1 amide bonds. The molecule has 0 radical (unpaired) electrons. The van der Waals surface area contributed by atoms with Gasteiger partial charge in [0.15, 0.2) is 5.78 Å². The number of aliphatic carboxylic acids is 1. The Kier molecular flexibility index (Phi) is 7.82. The summed E-state index contributed by atoms with van der Waals surface area (Å²) in [4.78, 5) is 43.2. The Balaban J connectivity index is 1.30. The van der Waals surface area contributed by atoms with Gasteiger partial charge in [-0.1, -0.05) is 66.5 Å². The fraction of sp³-hybridized carbons (Fsp3) is 0.868. The maximum Gasteiger partial charge on any atom is 0.310 e. The molecular weight excluding hydrogens is 548 g/mol. The fourth-order valence-corrected chi connectivity index (χ4v) is 12.5. The van der Waals surface area contributed by atoms with Crippen molar-refractivity contribution in [1.82, 2.24) is 10.2 Å². The number of carbonyl (C=O) groups is 3. The van der Waals surface area contributed by atoms with Crippen LogP contribution in [0.1, 0.15) is 126 Å². The van der Waals surface area contributed by atoms with Gasteiger partial charge in [-0.25, -0.2) is 0 Å². The number of ketones is 1. The van der Waals surface area contributed by atoms with Crippen molar-refractivity contribution in [3.05, 3.63) is 11.6 Å². The molecule has 0 aromatic carbocycles. The molecular formula is C38H60N2O4. The van der Waals surface area contributed by atoms with Crippen LogP contribution < -0.4 is 5.32 Å². The van der Waals surface area contributed by atoms with E-state index < -0.39 is 22.7 Å². The van der Waals surface area contributed by atoms with E-state index in [-0.39, 0.29) is 45.2 Å². The summed E-state index contributed by atoms with van der Waals surface area (Å²) in [5.74, 6) is -0.443. The van der Waals surface area contributed by atoms with Gasteiger partial charge in [0.25, 0.3) is 0 Å². The molecule has 5 aliphatic carbocycles. The number of carbonyl (C=O) groups excluding carboxylic acids is 2. The Hall–Kier alpha value is -1.69.